The molecule has 128 valence electrons. The lowest BCUT2D eigenvalue weighted by molar-refractivity contribution is 0.340. The minimum atomic E-state index is 0.668. The fourth-order valence-corrected chi connectivity index (χ4v) is 3.24. The molecule has 0 saturated carbocycles. The van der Waals surface area contributed by atoms with Gasteiger partial charge in [-0.05, 0) is 50.6 Å². The fourth-order valence-electron chi connectivity index (χ4n) is 2.46. The van der Waals surface area contributed by atoms with Crippen molar-refractivity contribution in [3.8, 4) is 17.0 Å². The van der Waals surface area contributed by atoms with Crippen LogP contribution < -0.4 is 10.2 Å². The molecule has 3 rings (SSSR count). The quantitative estimate of drug-likeness (QED) is 0.481. The molecule has 0 aliphatic carbocycles. The summed E-state index contributed by atoms with van der Waals surface area (Å²) in [5, 5.41) is 5.26. The van der Waals surface area contributed by atoms with Crippen LogP contribution in [0.15, 0.2) is 59.7 Å². The molecule has 0 spiro atoms. The molecule has 1 heterocycles. The van der Waals surface area contributed by atoms with Crippen molar-refractivity contribution in [3.05, 3.63) is 65.0 Å². The van der Waals surface area contributed by atoms with Gasteiger partial charge in [0.25, 0.3) is 0 Å². The van der Waals surface area contributed by atoms with E-state index in [4.69, 9.17) is 4.74 Å². The molecule has 0 bridgehead atoms. The first-order valence-electron chi connectivity index (χ1n) is 8.23. The number of thiazole rings is 1. The smallest absolute Gasteiger partial charge is 0.204 e. The molecule has 5 heteroatoms. The third kappa shape index (κ3) is 4.25. The number of benzene rings is 2. The van der Waals surface area contributed by atoms with Crippen LogP contribution in [0.5, 0.6) is 5.75 Å². The van der Waals surface area contributed by atoms with Gasteiger partial charge in [0.1, 0.15) is 5.75 Å². The number of rotatable bonds is 6. The van der Waals surface area contributed by atoms with Crippen LogP contribution in [0.4, 0.5) is 5.13 Å². The van der Waals surface area contributed by atoms with E-state index in [2.05, 4.69) is 34.6 Å². The van der Waals surface area contributed by atoms with Crippen LogP contribution in [0.1, 0.15) is 24.3 Å². The second-order valence-electron chi connectivity index (χ2n) is 5.56. The third-order valence-corrected chi connectivity index (χ3v) is 4.62. The van der Waals surface area contributed by atoms with Crippen molar-refractivity contribution in [2.45, 2.75) is 20.8 Å². The summed E-state index contributed by atoms with van der Waals surface area (Å²) in [5.74, 6) is 0.870. The average molecular weight is 351 g/mol. The van der Waals surface area contributed by atoms with E-state index in [1.54, 1.807) is 11.3 Å². The summed E-state index contributed by atoms with van der Waals surface area (Å²) < 4.78 is 5.46. The van der Waals surface area contributed by atoms with Crippen LogP contribution in [0.25, 0.3) is 11.3 Å². The maximum absolute atomic E-state index is 5.46. The summed E-state index contributed by atoms with van der Waals surface area (Å²) in [4.78, 5) is 5.83. The van der Waals surface area contributed by atoms with E-state index in [0.29, 0.717) is 6.61 Å². The number of nitrogens with one attached hydrogen (secondary N) is 1. The van der Waals surface area contributed by atoms with Crippen LogP contribution in [0.3, 0.4) is 0 Å². The highest BCUT2D eigenvalue weighted by molar-refractivity contribution is 7.16. The van der Waals surface area contributed by atoms with Crippen LogP contribution >= 0.6 is 11.3 Å². The van der Waals surface area contributed by atoms with Crippen molar-refractivity contribution in [1.29, 1.82) is 0 Å². The van der Waals surface area contributed by atoms with Crippen molar-refractivity contribution in [2.24, 2.45) is 5.10 Å². The molecule has 0 aliphatic rings. The molecule has 0 atom stereocenters. The number of aromatic nitrogens is 1. The fraction of sp³-hybridized carbons (Fsp3) is 0.200. The summed E-state index contributed by atoms with van der Waals surface area (Å²) in [6.07, 6.45) is 0. The Morgan fingerprint density at radius 1 is 1.12 bits per heavy atom. The van der Waals surface area contributed by atoms with Crippen molar-refractivity contribution in [3.63, 3.8) is 0 Å². The highest BCUT2D eigenvalue weighted by Crippen LogP contribution is 2.30. The van der Waals surface area contributed by atoms with Gasteiger partial charge in [-0.3, -0.25) is 5.43 Å². The van der Waals surface area contributed by atoms with Gasteiger partial charge in [-0.25, -0.2) is 4.98 Å². The van der Waals surface area contributed by atoms with Crippen molar-refractivity contribution < 1.29 is 4.74 Å². The Morgan fingerprint density at radius 3 is 2.52 bits per heavy atom. The topological polar surface area (TPSA) is 46.5 Å². The van der Waals surface area contributed by atoms with Gasteiger partial charge in [-0.2, -0.15) is 5.10 Å². The zero-order valence-electron chi connectivity index (χ0n) is 14.6. The van der Waals surface area contributed by atoms with Gasteiger partial charge in [-0.1, -0.05) is 30.3 Å². The minimum absolute atomic E-state index is 0.668. The van der Waals surface area contributed by atoms with Crippen molar-refractivity contribution in [1.82, 2.24) is 4.98 Å². The molecule has 0 radical (unpaired) electrons. The molecular weight excluding hydrogens is 330 g/mol. The molecule has 25 heavy (non-hydrogen) atoms. The Labute approximate surface area is 152 Å². The monoisotopic (exact) mass is 351 g/mol. The van der Waals surface area contributed by atoms with E-state index >= 15 is 0 Å². The Balaban J connectivity index is 1.73. The number of hydrogen-bond donors (Lipinski definition) is 1. The van der Waals surface area contributed by atoms with Crippen LogP contribution in [0.2, 0.25) is 0 Å². The summed E-state index contributed by atoms with van der Waals surface area (Å²) in [6.45, 7) is 6.70. The Kier molecular flexibility index (Phi) is 5.46. The van der Waals surface area contributed by atoms with E-state index in [1.807, 2.05) is 56.3 Å². The first kappa shape index (κ1) is 17.2. The van der Waals surface area contributed by atoms with Gasteiger partial charge >= 0.3 is 0 Å². The number of ether oxygens (including phenoxy) is 1. The van der Waals surface area contributed by atoms with Gasteiger partial charge < -0.3 is 4.74 Å². The largest absolute Gasteiger partial charge is 0.494 e. The molecule has 1 aromatic heterocycles. The summed E-state index contributed by atoms with van der Waals surface area (Å²) >= 11 is 1.61. The normalized spacial score (nSPS) is 11.4. The molecule has 0 fully saturated rings. The molecule has 3 aromatic rings. The van der Waals surface area contributed by atoms with E-state index < -0.39 is 0 Å². The lowest BCUT2D eigenvalue weighted by Crippen LogP contribution is -2.00. The summed E-state index contributed by atoms with van der Waals surface area (Å²) in [7, 11) is 0. The van der Waals surface area contributed by atoms with Gasteiger partial charge in [0.2, 0.25) is 5.13 Å². The third-order valence-electron chi connectivity index (χ3n) is 3.75. The number of anilines is 1. The molecule has 2 aromatic carbocycles. The second-order valence-corrected chi connectivity index (χ2v) is 6.76. The van der Waals surface area contributed by atoms with E-state index in [-0.39, 0.29) is 0 Å². The zero-order chi connectivity index (χ0) is 17.6. The Bertz CT molecular complexity index is 854. The molecule has 0 saturated heterocycles. The lowest BCUT2D eigenvalue weighted by Gasteiger charge is -2.05. The summed E-state index contributed by atoms with van der Waals surface area (Å²) in [6, 6.07) is 18.1. The minimum Gasteiger partial charge on any atom is -0.494 e. The predicted octanol–water partition coefficient (Wildman–Crippen LogP) is 5.35. The lowest BCUT2D eigenvalue weighted by atomic mass is 10.1. The van der Waals surface area contributed by atoms with E-state index in [1.165, 1.54) is 4.88 Å². The SMILES string of the molecule is CCOc1ccc(/C(C)=N\Nc2nc(-c3ccccc3)c(C)s2)cc1. The molecule has 0 aliphatic heterocycles. The zero-order valence-corrected chi connectivity index (χ0v) is 15.4. The predicted molar refractivity (Wildman–Crippen MR) is 106 cm³/mol. The number of nitrogens with zero attached hydrogens (tertiary/aromatic N) is 2. The van der Waals surface area contributed by atoms with Gasteiger partial charge in [0.05, 0.1) is 18.0 Å². The maximum Gasteiger partial charge on any atom is 0.204 e. The molecule has 0 amide bonds. The first-order chi connectivity index (χ1) is 12.2. The Hall–Kier alpha value is -2.66. The molecular formula is C20H21N3OS. The number of hydrazone groups is 1. The van der Waals surface area contributed by atoms with Crippen LogP contribution in [0, 0.1) is 6.92 Å². The highest BCUT2D eigenvalue weighted by atomic mass is 32.1. The van der Waals surface area contributed by atoms with E-state index in [9.17, 15) is 0 Å². The van der Waals surface area contributed by atoms with E-state index in [0.717, 1.165) is 33.4 Å². The number of hydrogen-bond acceptors (Lipinski definition) is 5. The van der Waals surface area contributed by atoms with Crippen molar-refractivity contribution >= 4 is 22.2 Å². The van der Waals surface area contributed by atoms with Gasteiger partial charge in [0.15, 0.2) is 0 Å². The standard InChI is InChI=1S/C20H21N3OS/c1-4-24-18-12-10-16(11-13-18)14(2)22-23-20-21-19(15(3)25-20)17-8-6-5-7-9-17/h5-13H,4H2,1-3H3,(H,21,23)/b22-14-. The van der Waals surface area contributed by atoms with Crippen LogP contribution in [-0.4, -0.2) is 17.3 Å². The Morgan fingerprint density at radius 2 is 1.84 bits per heavy atom. The maximum atomic E-state index is 5.46. The first-order valence-corrected chi connectivity index (χ1v) is 9.05. The highest BCUT2D eigenvalue weighted by Gasteiger charge is 2.09. The summed E-state index contributed by atoms with van der Waals surface area (Å²) in [5.41, 5.74) is 7.15. The molecule has 1 N–H and O–H groups in total. The average Bonchev–Trinajstić information content (AvgIpc) is 3.02. The van der Waals surface area contributed by atoms with Gasteiger partial charge in [-0.15, -0.1) is 11.3 Å². The number of aryl methyl sites for hydroxylation is 1. The van der Waals surface area contributed by atoms with Crippen LogP contribution in [-0.2, 0) is 0 Å². The second kappa shape index (κ2) is 7.94. The molecule has 4 nitrogen and oxygen atoms in total. The van der Waals surface area contributed by atoms with Crippen molar-refractivity contribution in [2.75, 3.05) is 12.0 Å². The molecule has 0 unspecified atom stereocenters. The van der Waals surface area contributed by atoms with Gasteiger partial charge in [0, 0.05) is 10.4 Å².